The Labute approximate surface area is 145 Å². The highest BCUT2D eigenvalue weighted by molar-refractivity contribution is 5.66. The van der Waals surface area contributed by atoms with Crippen LogP contribution in [0, 0.1) is 11.8 Å². The van der Waals surface area contributed by atoms with E-state index in [1.54, 1.807) is 0 Å². The number of aliphatic carboxylic acids is 1. The van der Waals surface area contributed by atoms with Gasteiger partial charge in [-0.05, 0) is 44.1 Å². The number of allylic oxidation sites excluding steroid dienone is 3. The molecule has 1 aliphatic heterocycles. The lowest BCUT2D eigenvalue weighted by atomic mass is 9.91. The average Bonchev–Trinajstić information content (AvgIpc) is 3.10. The van der Waals surface area contributed by atoms with E-state index in [9.17, 15) is 9.90 Å². The smallest absolute Gasteiger partial charge is 0.303 e. The SMILES string of the molecule is CCCCC[C@H](O)/C=C/[C@H]1CC[C@H]2O/C(=C\CCCC(=O)O)C[C@H]12. The van der Waals surface area contributed by atoms with Crippen LogP contribution in [0.25, 0.3) is 0 Å². The van der Waals surface area contributed by atoms with Crippen LogP contribution in [0.3, 0.4) is 0 Å². The maximum Gasteiger partial charge on any atom is 0.303 e. The molecule has 4 atom stereocenters. The first kappa shape index (κ1) is 19.0. The number of carboxylic acids is 1. The molecule has 0 aromatic carbocycles. The quantitative estimate of drug-likeness (QED) is 0.457. The van der Waals surface area contributed by atoms with Crippen LogP contribution in [0.4, 0.5) is 0 Å². The third-order valence-electron chi connectivity index (χ3n) is 5.20. The fourth-order valence-corrected chi connectivity index (χ4v) is 3.82. The van der Waals surface area contributed by atoms with Crippen molar-refractivity contribution in [1.82, 2.24) is 0 Å². The molecule has 1 saturated heterocycles. The molecule has 0 amide bonds. The van der Waals surface area contributed by atoms with Gasteiger partial charge in [0.15, 0.2) is 0 Å². The van der Waals surface area contributed by atoms with Crippen LogP contribution in [-0.2, 0) is 9.53 Å². The van der Waals surface area contributed by atoms with Crippen LogP contribution in [0.1, 0.15) is 71.1 Å². The second-order valence-electron chi connectivity index (χ2n) is 7.17. The molecule has 0 bridgehead atoms. The van der Waals surface area contributed by atoms with Crippen molar-refractivity contribution in [3.05, 3.63) is 24.0 Å². The van der Waals surface area contributed by atoms with E-state index in [1.807, 2.05) is 6.08 Å². The second kappa shape index (κ2) is 9.87. The maximum atomic E-state index is 10.5. The number of fused-ring (bicyclic) bond motifs is 1. The molecular weight excluding hydrogens is 304 g/mol. The van der Waals surface area contributed by atoms with E-state index in [0.717, 1.165) is 44.3 Å². The zero-order chi connectivity index (χ0) is 17.4. The summed E-state index contributed by atoms with van der Waals surface area (Å²) in [7, 11) is 0. The van der Waals surface area contributed by atoms with Gasteiger partial charge in [0.2, 0.25) is 0 Å². The van der Waals surface area contributed by atoms with Gasteiger partial charge in [-0.1, -0.05) is 38.3 Å². The standard InChI is InChI=1S/C20H32O4/c1-2-3-4-7-16(21)12-10-15-11-13-19-18(15)14-17(24-19)8-5-6-9-20(22)23/h8,10,12,15-16,18-19,21H,2-7,9,11,13-14H2,1H3,(H,22,23)/b12-10+,17-8-/t15-,16-,18+,19+/m0/s1. The summed E-state index contributed by atoms with van der Waals surface area (Å²) in [5.74, 6) is 1.33. The van der Waals surface area contributed by atoms with Gasteiger partial charge in [-0.3, -0.25) is 4.79 Å². The largest absolute Gasteiger partial charge is 0.495 e. The van der Waals surface area contributed by atoms with Crippen molar-refractivity contribution in [2.45, 2.75) is 83.3 Å². The lowest BCUT2D eigenvalue weighted by molar-refractivity contribution is -0.137. The Balaban J connectivity index is 1.75. The van der Waals surface area contributed by atoms with Crippen LogP contribution < -0.4 is 0 Å². The number of ether oxygens (including phenoxy) is 1. The lowest BCUT2D eigenvalue weighted by Gasteiger charge is -2.13. The summed E-state index contributed by atoms with van der Waals surface area (Å²) >= 11 is 0. The Morgan fingerprint density at radius 3 is 2.92 bits per heavy atom. The van der Waals surface area contributed by atoms with Gasteiger partial charge in [0.1, 0.15) is 6.10 Å². The predicted octanol–water partition coefficient (Wildman–Crippen LogP) is 4.44. The summed E-state index contributed by atoms with van der Waals surface area (Å²) in [5, 5.41) is 18.7. The van der Waals surface area contributed by atoms with E-state index < -0.39 is 5.97 Å². The lowest BCUT2D eigenvalue weighted by Crippen LogP contribution is -2.12. The molecule has 0 aromatic rings. The number of unbranched alkanes of at least 4 members (excludes halogenated alkanes) is 3. The van der Waals surface area contributed by atoms with Gasteiger partial charge < -0.3 is 14.9 Å². The third-order valence-corrected chi connectivity index (χ3v) is 5.20. The van der Waals surface area contributed by atoms with Crippen LogP contribution in [0.5, 0.6) is 0 Å². The molecule has 2 fully saturated rings. The molecule has 0 unspecified atom stereocenters. The number of rotatable bonds is 10. The summed E-state index contributed by atoms with van der Waals surface area (Å²) in [6.45, 7) is 2.17. The first-order valence-electron chi connectivity index (χ1n) is 9.54. The van der Waals surface area contributed by atoms with E-state index in [2.05, 4.69) is 19.1 Å². The van der Waals surface area contributed by atoms with Gasteiger partial charge in [0, 0.05) is 18.8 Å². The van der Waals surface area contributed by atoms with Gasteiger partial charge in [0.05, 0.1) is 11.9 Å². The Morgan fingerprint density at radius 1 is 1.33 bits per heavy atom. The number of hydrogen-bond donors (Lipinski definition) is 2. The Hall–Kier alpha value is -1.29. The zero-order valence-electron chi connectivity index (χ0n) is 14.8. The molecule has 4 nitrogen and oxygen atoms in total. The van der Waals surface area contributed by atoms with Crippen molar-refractivity contribution in [3.63, 3.8) is 0 Å². The van der Waals surface area contributed by atoms with Crippen molar-refractivity contribution < 1.29 is 19.7 Å². The van der Waals surface area contributed by atoms with E-state index in [4.69, 9.17) is 9.84 Å². The Bertz CT molecular complexity index is 455. The molecule has 136 valence electrons. The summed E-state index contributed by atoms with van der Waals surface area (Å²) in [6.07, 6.45) is 15.4. The van der Waals surface area contributed by atoms with E-state index in [1.165, 1.54) is 12.8 Å². The molecule has 1 aliphatic carbocycles. The predicted molar refractivity (Wildman–Crippen MR) is 94.6 cm³/mol. The number of aliphatic hydroxyl groups is 1. The maximum absolute atomic E-state index is 10.5. The van der Waals surface area contributed by atoms with Gasteiger partial charge >= 0.3 is 5.97 Å². The van der Waals surface area contributed by atoms with Crippen LogP contribution in [0.2, 0.25) is 0 Å². The Morgan fingerprint density at radius 2 is 2.17 bits per heavy atom. The van der Waals surface area contributed by atoms with E-state index >= 15 is 0 Å². The van der Waals surface area contributed by atoms with Crippen LogP contribution in [-0.4, -0.2) is 28.4 Å². The number of hydrogen-bond acceptors (Lipinski definition) is 3. The number of aliphatic hydroxyl groups excluding tert-OH is 1. The summed E-state index contributed by atoms with van der Waals surface area (Å²) < 4.78 is 6.03. The molecule has 0 aromatic heterocycles. The molecule has 2 rings (SSSR count). The summed E-state index contributed by atoms with van der Waals surface area (Å²) in [5.41, 5.74) is 0. The third kappa shape index (κ3) is 5.97. The van der Waals surface area contributed by atoms with Gasteiger partial charge in [-0.25, -0.2) is 0 Å². The molecule has 24 heavy (non-hydrogen) atoms. The zero-order valence-corrected chi connectivity index (χ0v) is 14.8. The highest BCUT2D eigenvalue weighted by atomic mass is 16.5. The number of carboxylic acid groups (broad SMARTS) is 1. The highest BCUT2D eigenvalue weighted by Crippen LogP contribution is 2.45. The average molecular weight is 336 g/mol. The molecule has 1 heterocycles. The van der Waals surface area contributed by atoms with Gasteiger partial charge in [0.25, 0.3) is 0 Å². The minimum absolute atomic E-state index is 0.220. The number of carbonyl (C=O) groups is 1. The van der Waals surface area contributed by atoms with Gasteiger partial charge in [-0.2, -0.15) is 0 Å². The molecule has 1 saturated carbocycles. The van der Waals surface area contributed by atoms with Crippen molar-refractivity contribution in [1.29, 1.82) is 0 Å². The topological polar surface area (TPSA) is 66.8 Å². The van der Waals surface area contributed by atoms with Crippen molar-refractivity contribution >= 4 is 5.97 Å². The van der Waals surface area contributed by atoms with E-state index in [0.29, 0.717) is 24.4 Å². The fourth-order valence-electron chi connectivity index (χ4n) is 3.82. The van der Waals surface area contributed by atoms with Crippen molar-refractivity contribution in [3.8, 4) is 0 Å². The molecule has 2 N–H and O–H groups in total. The van der Waals surface area contributed by atoms with Gasteiger partial charge in [-0.15, -0.1) is 0 Å². The molecule has 0 radical (unpaired) electrons. The van der Waals surface area contributed by atoms with E-state index in [-0.39, 0.29) is 12.5 Å². The molecular formula is C20H32O4. The van der Waals surface area contributed by atoms with Crippen LogP contribution >= 0.6 is 0 Å². The summed E-state index contributed by atoms with van der Waals surface area (Å²) in [6, 6.07) is 0. The first-order valence-corrected chi connectivity index (χ1v) is 9.54. The summed E-state index contributed by atoms with van der Waals surface area (Å²) in [4.78, 5) is 10.5. The first-order chi connectivity index (χ1) is 11.6. The van der Waals surface area contributed by atoms with Crippen molar-refractivity contribution in [2.24, 2.45) is 11.8 Å². The normalized spacial score (nSPS) is 29.1. The highest BCUT2D eigenvalue weighted by Gasteiger charge is 2.41. The molecule has 2 aliphatic rings. The minimum Gasteiger partial charge on any atom is -0.495 e. The van der Waals surface area contributed by atoms with Crippen LogP contribution in [0.15, 0.2) is 24.0 Å². The second-order valence-corrected chi connectivity index (χ2v) is 7.17. The Kier molecular flexibility index (Phi) is 7.83. The fraction of sp³-hybridized carbons (Fsp3) is 0.750. The molecule has 0 spiro atoms. The monoisotopic (exact) mass is 336 g/mol. The minimum atomic E-state index is -0.736. The molecule has 4 heteroatoms. The van der Waals surface area contributed by atoms with Crippen molar-refractivity contribution in [2.75, 3.05) is 0 Å².